The van der Waals surface area contributed by atoms with Gasteiger partial charge in [-0.1, -0.05) is 24.9 Å². The number of benzene rings is 1. The molecule has 1 saturated carbocycles. The quantitative estimate of drug-likeness (QED) is 0.725. The number of methoxy groups -OCH3 is 1. The molecule has 2 atom stereocenters. The molecule has 1 aliphatic carbocycles. The maximum atomic E-state index is 6.28. The second kappa shape index (κ2) is 6.71. The summed E-state index contributed by atoms with van der Waals surface area (Å²) in [6.07, 6.45) is 4.90. The molecule has 0 spiro atoms. The first kappa shape index (κ1) is 14.8. The number of hydrogen-bond acceptors (Lipinski definition) is 2. The van der Waals surface area contributed by atoms with E-state index in [-0.39, 0.29) is 6.10 Å². The Kier molecular flexibility index (Phi) is 5.23. The molecule has 1 aromatic rings. The topological polar surface area (TPSA) is 18.5 Å². The van der Waals surface area contributed by atoms with Crippen molar-refractivity contribution in [1.82, 2.24) is 0 Å². The van der Waals surface area contributed by atoms with Gasteiger partial charge in [-0.3, -0.25) is 0 Å². The Morgan fingerprint density at radius 2 is 2.11 bits per heavy atom. The van der Waals surface area contributed by atoms with Crippen LogP contribution in [0.2, 0.25) is 5.02 Å². The van der Waals surface area contributed by atoms with Crippen molar-refractivity contribution in [2.75, 3.05) is 7.11 Å². The van der Waals surface area contributed by atoms with Crippen LogP contribution in [0, 0.1) is 5.92 Å². The molecule has 1 fully saturated rings. The van der Waals surface area contributed by atoms with Gasteiger partial charge >= 0.3 is 0 Å². The number of alkyl halides is 1. The van der Waals surface area contributed by atoms with Crippen molar-refractivity contribution in [3.63, 3.8) is 0 Å². The third kappa shape index (κ3) is 3.70. The van der Waals surface area contributed by atoms with Crippen LogP contribution in [0.15, 0.2) is 12.1 Å². The van der Waals surface area contributed by atoms with Crippen LogP contribution in [0.3, 0.4) is 0 Å². The number of hydrogen-bond donors (Lipinski definition) is 0. The summed E-state index contributed by atoms with van der Waals surface area (Å²) < 4.78 is 11.4. The average Bonchev–Trinajstić information content (AvgIpc) is 2.40. The van der Waals surface area contributed by atoms with Crippen LogP contribution in [0.25, 0.3) is 0 Å². The number of ether oxygens (including phenoxy) is 2. The third-order valence-electron chi connectivity index (χ3n) is 3.62. The molecule has 2 nitrogen and oxygen atoms in total. The first-order valence-electron chi connectivity index (χ1n) is 6.73. The third-order valence-corrected chi connectivity index (χ3v) is 4.21. The predicted molar refractivity (Wildman–Crippen MR) is 79.6 cm³/mol. The standard InChI is InChI=1S/C15H20Cl2O2/c1-10-4-3-5-12(6-10)19-15-13(17)7-11(9-16)8-14(15)18-2/h7-8,10,12H,3-6,9H2,1-2H3. The van der Waals surface area contributed by atoms with Gasteiger partial charge in [0, 0.05) is 5.88 Å². The van der Waals surface area contributed by atoms with Crippen molar-refractivity contribution in [2.45, 2.75) is 44.6 Å². The molecule has 0 saturated heterocycles. The van der Waals surface area contributed by atoms with E-state index < -0.39 is 0 Å². The zero-order valence-electron chi connectivity index (χ0n) is 11.4. The molecule has 0 amide bonds. The summed E-state index contributed by atoms with van der Waals surface area (Å²) in [6, 6.07) is 3.74. The summed E-state index contributed by atoms with van der Waals surface area (Å²) in [7, 11) is 1.63. The lowest BCUT2D eigenvalue weighted by atomic mass is 9.89. The lowest BCUT2D eigenvalue weighted by Gasteiger charge is -2.28. The summed E-state index contributed by atoms with van der Waals surface area (Å²) in [5.74, 6) is 2.45. The van der Waals surface area contributed by atoms with Crippen LogP contribution in [0.1, 0.15) is 38.2 Å². The average molecular weight is 303 g/mol. The zero-order valence-corrected chi connectivity index (χ0v) is 12.9. The van der Waals surface area contributed by atoms with Gasteiger partial charge in [0.1, 0.15) is 0 Å². The van der Waals surface area contributed by atoms with Gasteiger partial charge in [0.25, 0.3) is 0 Å². The summed E-state index contributed by atoms with van der Waals surface area (Å²) >= 11 is 12.1. The lowest BCUT2D eigenvalue weighted by Crippen LogP contribution is -2.24. The fourth-order valence-corrected chi connectivity index (χ4v) is 3.05. The summed E-state index contributed by atoms with van der Waals surface area (Å²) in [5, 5.41) is 0.577. The minimum Gasteiger partial charge on any atom is -0.493 e. The van der Waals surface area contributed by atoms with Crippen molar-refractivity contribution in [2.24, 2.45) is 5.92 Å². The van der Waals surface area contributed by atoms with Gasteiger partial charge in [-0.2, -0.15) is 0 Å². The second-order valence-electron chi connectivity index (χ2n) is 5.25. The molecule has 0 N–H and O–H groups in total. The Morgan fingerprint density at radius 3 is 2.74 bits per heavy atom. The molecule has 106 valence electrons. The summed E-state index contributed by atoms with van der Waals surface area (Å²) in [4.78, 5) is 0. The van der Waals surface area contributed by atoms with Crippen LogP contribution in [0.5, 0.6) is 11.5 Å². The molecule has 4 heteroatoms. The van der Waals surface area contributed by atoms with E-state index in [1.54, 1.807) is 7.11 Å². The smallest absolute Gasteiger partial charge is 0.180 e. The number of rotatable bonds is 4. The molecular formula is C15H20Cl2O2. The highest BCUT2D eigenvalue weighted by Gasteiger charge is 2.23. The van der Waals surface area contributed by atoms with E-state index in [0.29, 0.717) is 28.3 Å². The molecule has 2 rings (SSSR count). The van der Waals surface area contributed by atoms with Crippen LogP contribution >= 0.6 is 23.2 Å². The van der Waals surface area contributed by atoms with Crippen LogP contribution < -0.4 is 9.47 Å². The Hall–Kier alpha value is -0.600. The van der Waals surface area contributed by atoms with Crippen molar-refractivity contribution in [3.8, 4) is 11.5 Å². The zero-order chi connectivity index (χ0) is 13.8. The van der Waals surface area contributed by atoms with Gasteiger partial charge in [0.2, 0.25) is 0 Å². The van der Waals surface area contributed by atoms with Crippen molar-refractivity contribution >= 4 is 23.2 Å². The lowest BCUT2D eigenvalue weighted by molar-refractivity contribution is 0.125. The van der Waals surface area contributed by atoms with Crippen molar-refractivity contribution in [3.05, 3.63) is 22.7 Å². The molecule has 1 aromatic carbocycles. The van der Waals surface area contributed by atoms with E-state index in [1.165, 1.54) is 12.8 Å². The van der Waals surface area contributed by atoms with E-state index in [1.807, 2.05) is 12.1 Å². The molecule has 0 radical (unpaired) electrons. The molecule has 1 aliphatic rings. The predicted octanol–water partition coefficient (Wildman–Crippen LogP) is 5.04. The molecule has 0 bridgehead atoms. The molecule has 0 aliphatic heterocycles. The van der Waals surface area contributed by atoms with Crippen LogP contribution in [-0.2, 0) is 5.88 Å². The summed E-state index contributed by atoms with van der Waals surface area (Å²) in [6.45, 7) is 2.27. The van der Waals surface area contributed by atoms with Gasteiger partial charge in [-0.25, -0.2) is 0 Å². The van der Waals surface area contributed by atoms with Gasteiger partial charge in [0.15, 0.2) is 11.5 Å². The minimum absolute atomic E-state index is 0.233. The molecule has 0 heterocycles. The Labute approximate surface area is 125 Å². The van der Waals surface area contributed by atoms with Gasteiger partial charge in [-0.05, 0) is 42.9 Å². The van der Waals surface area contributed by atoms with E-state index in [4.69, 9.17) is 32.7 Å². The van der Waals surface area contributed by atoms with Gasteiger partial charge in [0.05, 0.1) is 18.2 Å². The van der Waals surface area contributed by atoms with E-state index >= 15 is 0 Å². The van der Waals surface area contributed by atoms with E-state index in [9.17, 15) is 0 Å². The highest BCUT2D eigenvalue weighted by Crippen LogP contribution is 2.39. The number of halogens is 2. The molecule has 0 aromatic heterocycles. The van der Waals surface area contributed by atoms with E-state index in [2.05, 4.69) is 6.92 Å². The highest BCUT2D eigenvalue weighted by molar-refractivity contribution is 6.32. The minimum atomic E-state index is 0.233. The van der Waals surface area contributed by atoms with Gasteiger partial charge < -0.3 is 9.47 Å². The summed E-state index contributed by atoms with van der Waals surface area (Å²) in [5.41, 5.74) is 0.938. The largest absolute Gasteiger partial charge is 0.493 e. The maximum absolute atomic E-state index is 6.28. The van der Waals surface area contributed by atoms with Crippen LogP contribution in [-0.4, -0.2) is 13.2 Å². The second-order valence-corrected chi connectivity index (χ2v) is 5.93. The van der Waals surface area contributed by atoms with Gasteiger partial charge in [-0.15, -0.1) is 11.6 Å². The maximum Gasteiger partial charge on any atom is 0.180 e. The molecule has 19 heavy (non-hydrogen) atoms. The normalized spacial score (nSPS) is 23.2. The Balaban J connectivity index is 2.18. The van der Waals surface area contributed by atoms with Crippen LogP contribution in [0.4, 0.5) is 0 Å². The fourth-order valence-electron chi connectivity index (χ4n) is 2.62. The SMILES string of the molecule is COc1cc(CCl)cc(Cl)c1OC1CCCC(C)C1. The van der Waals surface area contributed by atoms with Crippen molar-refractivity contribution in [1.29, 1.82) is 0 Å². The first-order chi connectivity index (χ1) is 9.13. The highest BCUT2D eigenvalue weighted by atomic mass is 35.5. The fraction of sp³-hybridized carbons (Fsp3) is 0.600. The first-order valence-corrected chi connectivity index (χ1v) is 7.64. The van der Waals surface area contributed by atoms with Crippen molar-refractivity contribution < 1.29 is 9.47 Å². The molecular weight excluding hydrogens is 283 g/mol. The Bertz CT molecular complexity index is 434. The monoisotopic (exact) mass is 302 g/mol. The Morgan fingerprint density at radius 1 is 1.32 bits per heavy atom. The molecule has 2 unspecified atom stereocenters. The van der Waals surface area contributed by atoms with E-state index in [0.717, 1.165) is 18.4 Å².